The fourth-order valence-electron chi connectivity index (χ4n) is 2.70. The van der Waals surface area contributed by atoms with Crippen LogP contribution in [0.25, 0.3) is 11.3 Å². The number of aromatic nitrogens is 4. The molecule has 0 bridgehead atoms. The number of hydrogen-bond acceptors (Lipinski definition) is 3. The van der Waals surface area contributed by atoms with Gasteiger partial charge in [0.15, 0.2) is 0 Å². The first-order valence-electron chi connectivity index (χ1n) is 7.18. The third-order valence-electron chi connectivity index (χ3n) is 4.04. The lowest BCUT2D eigenvalue weighted by molar-refractivity contribution is 0.388. The van der Waals surface area contributed by atoms with Gasteiger partial charge in [-0.1, -0.05) is 0 Å². The average Bonchev–Trinajstić information content (AvgIpc) is 3.06. The standard InChI is InChI=1S/C15H23N5/c1-9-11(8-17-19(9)5)12-13(16)20(15(2,3)4)14(18-12)10-6-7-10/h8,10H,6-7,16H2,1-5H3. The summed E-state index contributed by atoms with van der Waals surface area (Å²) in [5, 5.41) is 4.31. The molecule has 5 heteroatoms. The molecule has 1 aliphatic rings. The first kappa shape index (κ1) is 13.2. The van der Waals surface area contributed by atoms with Crippen LogP contribution in [0.15, 0.2) is 6.20 Å². The van der Waals surface area contributed by atoms with E-state index in [2.05, 4.69) is 37.4 Å². The molecule has 0 amide bonds. The zero-order valence-electron chi connectivity index (χ0n) is 12.9. The van der Waals surface area contributed by atoms with Gasteiger partial charge in [-0.25, -0.2) is 4.98 Å². The fraction of sp³-hybridized carbons (Fsp3) is 0.600. The highest BCUT2D eigenvalue weighted by Crippen LogP contribution is 2.44. The highest BCUT2D eigenvalue weighted by atomic mass is 15.3. The van der Waals surface area contributed by atoms with Crippen LogP contribution in [0.1, 0.15) is 51.0 Å². The van der Waals surface area contributed by atoms with Crippen molar-refractivity contribution < 1.29 is 0 Å². The molecule has 0 aliphatic heterocycles. The summed E-state index contributed by atoms with van der Waals surface area (Å²) in [6.45, 7) is 8.58. The van der Waals surface area contributed by atoms with Crippen molar-refractivity contribution >= 4 is 5.82 Å². The Morgan fingerprint density at radius 2 is 1.95 bits per heavy atom. The van der Waals surface area contributed by atoms with E-state index in [1.165, 1.54) is 12.8 Å². The minimum absolute atomic E-state index is 0.0522. The minimum Gasteiger partial charge on any atom is -0.383 e. The average molecular weight is 273 g/mol. The third kappa shape index (κ3) is 1.92. The van der Waals surface area contributed by atoms with Gasteiger partial charge in [-0.05, 0) is 40.5 Å². The van der Waals surface area contributed by atoms with Crippen molar-refractivity contribution in [3.63, 3.8) is 0 Å². The second-order valence-corrected chi connectivity index (χ2v) is 6.75. The number of hydrogen-bond donors (Lipinski definition) is 1. The Kier molecular flexibility index (Phi) is 2.71. The van der Waals surface area contributed by atoms with Crippen molar-refractivity contribution in [3.05, 3.63) is 17.7 Å². The van der Waals surface area contributed by atoms with E-state index in [4.69, 9.17) is 10.7 Å². The highest BCUT2D eigenvalue weighted by Gasteiger charge is 2.34. The maximum absolute atomic E-state index is 6.43. The van der Waals surface area contributed by atoms with Crippen molar-refractivity contribution in [2.75, 3.05) is 5.73 Å². The molecule has 1 fully saturated rings. The molecule has 0 aromatic carbocycles. The number of nitrogens with zero attached hydrogens (tertiary/aromatic N) is 4. The lowest BCUT2D eigenvalue weighted by Gasteiger charge is -2.25. The first-order valence-corrected chi connectivity index (χ1v) is 7.18. The molecular weight excluding hydrogens is 250 g/mol. The molecule has 2 heterocycles. The molecule has 1 aliphatic carbocycles. The Labute approximate surface area is 119 Å². The molecule has 0 saturated heterocycles. The van der Waals surface area contributed by atoms with Crippen LogP contribution in [-0.4, -0.2) is 19.3 Å². The number of aryl methyl sites for hydroxylation is 1. The van der Waals surface area contributed by atoms with Gasteiger partial charge in [-0.15, -0.1) is 0 Å². The van der Waals surface area contributed by atoms with Crippen molar-refractivity contribution in [1.29, 1.82) is 0 Å². The second kappa shape index (κ2) is 4.11. The Bertz CT molecular complexity index is 653. The summed E-state index contributed by atoms with van der Waals surface area (Å²) in [6.07, 6.45) is 4.30. The quantitative estimate of drug-likeness (QED) is 0.915. The van der Waals surface area contributed by atoms with Crippen molar-refractivity contribution in [2.24, 2.45) is 7.05 Å². The lowest BCUT2D eigenvalue weighted by atomic mass is 10.1. The molecule has 1 saturated carbocycles. The van der Waals surface area contributed by atoms with E-state index in [0.717, 1.165) is 28.6 Å². The van der Waals surface area contributed by atoms with Gasteiger partial charge in [0.2, 0.25) is 0 Å². The molecule has 2 N–H and O–H groups in total. The Hall–Kier alpha value is -1.78. The minimum atomic E-state index is -0.0522. The SMILES string of the molecule is Cc1c(-c2nc(C3CC3)n(C(C)(C)C)c2N)cnn1C. The monoisotopic (exact) mass is 273 g/mol. The molecule has 2 aromatic heterocycles. The Balaban J connectivity index is 2.20. The number of rotatable bonds is 2. The van der Waals surface area contributed by atoms with Crippen LogP contribution >= 0.6 is 0 Å². The predicted molar refractivity (Wildman–Crippen MR) is 80.5 cm³/mol. The molecule has 0 unspecified atom stereocenters. The van der Waals surface area contributed by atoms with Crippen molar-refractivity contribution in [1.82, 2.24) is 19.3 Å². The van der Waals surface area contributed by atoms with Gasteiger partial charge in [-0.2, -0.15) is 5.10 Å². The van der Waals surface area contributed by atoms with Crippen LogP contribution < -0.4 is 5.73 Å². The summed E-state index contributed by atoms with van der Waals surface area (Å²) in [4.78, 5) is 4.87. The third-order valence-corrected chi connectivity index (χ3v) is 4.04. The zero-order chi connectivity index (χ0) is 14.7. The summed E-state index contributed by atoms with van der Waals surface area (Å²) >= 11 is 0. The zero-order valence-corrected chi connectivity index (χ0v) is 12.9. The van der Waals surface area contributed by atoms with E-state index in [-0.39, 0.29) is 5.54 Å². The molecular formula is C15H23N5. The largest absolute Gasteiger partial charge is 0.383 e. The van der Waals surface area contributed by atoms with Gasteiger partial charge in [0, 0.05) is 29.8 Å². The van der Waals surface area contributed by atoms with Gasteiger partial charge >= 0.3 is 0 Å². The molecule has 108 valence electrons. The van der Waals surface area contributed by atoms with Crippen LogP contribution in [0.4, 0.5) is 5.82 Å². The number of anilines is 1. The van der Waals surface area contributed by atoms with Gasteiger partial charge in [0.1, 0.15) is 17.3 Å². The van der Waals surface area contributed by atoms with Crippen LogP contribution in [0.2, 0.25) is 0 Å². The van der Waals surface area contributed by atoms with Gasteiger partial charge < -0.3 is 10.3 Å². The predicted octanol–water partition coefficient (Wildman–Crippen LogP) is 2.81. The van der Waals surface area contributed by atoms with Crippen molar-refractivity contribution in [3.8, 4) is 11.3 Å². The molecule has 0 spiro atoms. The number of nitrogen functional groups attached to an aromatic ring is 1. The van der Waals surface area contributed by atoms with E-state index >= 15 is 0 Å². The van der Waals surface area contributed by atoms with Crippen LogP contribution in [-0.2, 0) is 12.6 Å². The molecule has 0 radical (unpaired) electrons. The number of nitrogens with two attached hydrogens (primary N) is 1. The van der Waals surface area contributed by atoms with Crippen LogP contribution in [0.3, 0.4) is 0 Å². The van der Waals surface area contributed by atoms with E-state index < -0.39 is 0 Å². The topological polar surface area (TPSA) is 61.7 Å². The summed E-state index contributed by atoms with van der Waals surface area (Å²) < 4.78 is 4.06. The van der Waals surface area contributed by atoms with E-state index in [1.807, 2.05) is 17.9 Å². The summed E-state index contributed by atoms with van der Waals surface area (Å²) in [6, 6.07) is 0. The summed E-state index contributed by atoms with van der Waals surface area (Å²) in [7, 11) is 1.94. The Morgan fingerprint density at radius 3 is 2.40 bits per heavy atom. The van der Waals surface area contributed by atoms with Gasteiger partial charge in [0.25, 0.3) is 0 Å². The van der Waals surface area contributed by atoms with E-state index in [0.29, 0.717) is 5.92 Å². The molecule has 3 rings (SSSR count). The second-order valence-electron chi connectivity index (χ2n) is 6.75. The fourth-order valence-corrected chi connectivity index (χ4v) is 2.70. The lowest BCUT2D eigenvalue weighted by Crippen LogP contribution is -2.25. The van der Waals surface area contributed by atoms with Crippen molar-refractivity contribution in [2.45, 2.75) is 52.0 Å². The molecule has 20 heavy (non-hydrogen) atoms. The first-order chi connectivity index (χ1) is 9.30. The van der Waals surface area contributed by atoms with Gasteiger partial charge in [0.05, 0.1) is 6.20 Å². The van der Waals surface area contributed by atoms with E-state index in [9.17, 15) is 0 Å². The maximum atomic E-state index is 6.43. The Morgan fingerprint density at radius 1 is 1.30 bits per heavy atom. The highest BCUT2D eigenvalue weighted by molar-refractivity contribution is 5.72. The summed E-state index contributed by atoms with van der Waals surface area (Å²) in [5.41, 5.74) is 9.39. The van der Waals surface area contributed by atoms with E-state index in [1.54, 1.807) is 0 Å². The number of imidazole rings is 1. The molecule has 5 nitrogen and oxygen atoms in total. The van der Waals surface area contributed by atoms with Crippen LogP contribution in [0, 0.1) is 6.92 Å². The smallest absolute Gasteiger partial charge is 0.132 e. The van der Waals surface area contributed by atoms with Crippen LogP contribution in [0.5, 0.6) is 0 Å². The van der Waals surface area contributed by atoms with Gasteiger partial charge in [-0.3, -0.25) is 4.68 Å². The normalized spacial score (nSPS) is 15.8. The summed E-state index contributed by atoms with van der Waals surface area (Å²) in [5.74, 6) is 2.46. The molecule has 2 aromatic rings. The molecule has 0 atom stereocenters. The maximum Gasteiger partial charge on any atom is 0.132 e.